The molecule has 0 radical (unpaired) electrons. The van der Waals surface area contributed by atoms with Gasteiger partial charge in [0.1, 0.15) is 5.75 Å². The molecule has 1 heterocycles. The maximum absolute atomic E-state index is 12.6. The Morgan fingerprint density at radius 1 is 1.12 bits per heavy atom. The van der Waals surface area contributed by atoms with E-state index in [2.05, 4.69) is 18.2 Å². The molecular weight excluding hydrogens is 342 g/mol. The van der Waals surface area contributed by atoms with Crippen LogP contribution in [0.4, 0.5) is 0 Å². The van der Waals surface area contributed by atoms with Crippen LogP contribution in [0.5, 0.6) is 5.75 Å². The number of hydrogen-bond donors (Lipinski definition) is 1. The first-order chi connectivity index (χ1) is 12.6. The second-order valence-electron chi connectivity index (χ2n) is 6.94. The van der Waals surface area contributed by atoms with Crippen LogP contribution in [0.25, 0.3) is 0 Å². The van der Waals surface area contributed by atoms with Gasteiger partial charge in [0, 0.05) is 42.5 Å². The molecule has 1 atom stereocenters. The molecule has 2 aromatic rings. The highest BCUT2D eigenvalue weighted by Gasteiger charge is 2.23. The molecule has 4 heteroatoms. The zero-order chi connectivity index (χ0) is 18.5. The highest BCUT2D eigenvalue weighted by molar-refractivity contribution is 7.99. The Balaban J connectivity index is 1.83. The number of carbonyl (C=O) groups is 1. The number of benzene rings is 2. The molecule has 1 saturated heterocycles. The highest BCUT2D eigenvalue weighted by Crippen LogP contribution is 2.37. The Morgan fingerprint density at radius 2 is 1.81 bits per heavy atom. The molecule has 0 bridgehead atoms. The summed E-state index contributed by atoms with van der Waals surface area (Å²) in [5, 5.41) is 10.7. The Labute approximate surface area is 160 Å². The van der Waals surface area contributed by atoms with E-state index < -0.39 is 0 Å². The van der Waals surface area contributed by atoms with Gasteiger partial charge in [0.2, 0.25) is 5.91 Å². The fourth-order valence-corrected chi connectivity index (χ4v) is 4.43. The standard InChI is InChI=1S/C22H27NO2S/c1-16-8-9-20(22(25)17(16)2)19(18-6-4-3-5-7-18)10-11-21(24)23-12-14-26-15-13-23/h3-9,19,25H,10-15H2,1-2H3. The zero-order valence-corrected chi connectivity index (χ0v) is 16.4. The lowest BCUT2D eigenvalue weighted by atomic mass is 9.85. The average molecular weight is 370 g/mol. The first-order valence-electron chi connectivity index (χ1n) is 9.27. The first kappa shape index (κ1) is 18.8. The van der Waals surface area contributed by atoms with Crippen molar-refractivity contribution < 1.29 is 9.90 Å². The van der Waals surface area contributed by atoms with Gasteiger partial charge in [0.15, 0.2) is 0 Å². The van der Waals surface area contributed by atoms with Crippen LogP contribution in [0.15, 0.2) is 42.5 Å². The molecular formula is C22H27NO2S. The fourth-order valence-electron chi connectivity index (χ4n) is 3.53. The molecule has 0 aromatic heterocycles. The number of thioether (sulfide) groups is 1. The molecule has 1 amide bonds. The van der Waals surface area contributed by atoms with Crippen LogP contribution in [-0.4, -0.2) is 40.5 Å². The van der Waals surface area contributed by atoms with Gasteiger partial charge >= 0.3 is 0 Å². The summed E-state index contributed by atoms with van der Waals surface area (Å²) >= 11 is 1.91. The van der Waals surface area contributed by atoms with Gasteiger partial charge in [-0.1, -0.05) is 42.5 Å². The van der Waals surface area contributed by atoms with E-state index in [-0.39, 0.29) is 11.8 Å². The number of nitrogens with zero attached hydrogens (tertiary/aromatic N) is 1. The molecule has 0 spiro atoms. The number of rotatable bonds is 5. The lowest BCUT2D eigenvalue weighted by molar-refractivity contribution is -0.130. The summed E-state index contributed by atoms with van der Waals surface area (Å²) < 4.78 is 0. The van der Waals surface area contributed by atoms with Gasteiger partial charge in [0.05, 0.1) is 0 Å². The van der Waals surface area contributed by atoms with Crippen LogP contribution < -0.4 is 0 Å². The Bertz CT molecular complexity index is 754. The second kappa shape index (κ2) is 8.63. The second-order valence-corrected chi connectivity index (χ2v) is 8.17. The van der Waals surface area contributed by atoms with Crippen molar-refractivity contribution in [3.8, 4) is 5.75 Å². The van der Waals surface area contributed by atoms with Gasteiger partial charge in [-0.25, -0.2) is 0 Å². The SMILES string of the molecule is Cc1ccc(C(CCC(=O)N2CCSCC2)c2ccccc2)c(O)c1C. The number of amides is 1. The van der Waals surface area contributed by atoms with Crippen LogP contribution in [0, 0.1) is 13.8 Å². The first-order valence-corrected chi connectivity index (χ1v) is 10.4. The van der Waals surface area contributed by atoms with E-state index in [0.717, 1.165) is 46.8 Å². The van der Waals surface area contributed by atoms with Crippen molar-refractivity contribution in [2.45, 2.75) is 32.6 Å². The highest BCUT2D eigenvalue weighted by atomic mass is 32.2. The summed E-state index contributed by atoms with van der Waals surface area (Å²) in [6.07, 6.45) is 1.22. The lowest BCUT2D eigenvalue weighted by Gasteiger charge is -2.27. The minimum atomic E-state index is 0.0265. The number of aryl methyl sites for hydroxylation is 1. The van der Waals surface area contributed by atoms with Crippen molar-refractivity contribution >= 4 is 17.7 Å². The number of phenols is 1. The van der Waals surface area contributed by atoms with E-state index in [0.29, 0.717) is 18.6 Å². The molecule has 1 unspecified atom stereocenters. The van der Waals surface area contributed by atoms with Crippen molar-refractivity contribution in [1.82, 2.24) is 4.90 Å². The molecule has 3 rings (SSSR count). The van der Waals surface area contributed by atoms with Crippen LogP contribution in [0.2, 0.25) is 0 Å². The average Bonchev–Trinajstić information content (AvgIpc) is 2.69. The maximum Gasteiger partial charge on any atom is 0.222 e. The molecule has 0 saturated carbocycles. The molecule has 3 nitrogen and oxygen atoms in total. The molecule has 1 N–H and O–H groups in total. The Hall–Kier alpha value is -1.94. The zero-order valence-electron chi connectivity index (χ0n) is 15.6. The molecule has 1 aliphatic heterocycles. The number of phenolic OH excluding ortho intramolecular Hbond substituents is 1. The van der Waals surface area contributed by atoms with Crippen molar-refractivity contribution in [3.05, 3.63) is 64.7 Å². The van der Waals surface area contributed by atoms with Gasteiger partial charge in [-0.3, -0.25) is 4.79 Å². The van der Waals surface area contributed by atoms with Crippen LogP contribution in [-0.2, 0) is 4.79 Å². The number of carbonyl (C=O) groups excluding carboxylic acids is 1. The minimum Gasteiger partial charge on any atom is -0.507 e. The quantitative estimate of drug-likeness (QED) is 0.844. The molecule has 138 valence electrons. The van der Waals surface area contributed by atoms with Crippen LogP contribution in [0.3, 0.4) is 0 Å². The topological polar surface area (TPSA) is 40.5 Å². The molecule has 1 aliphatic rings. The smallest absolute Gasteiger partial charge is 0.222 e. The van der Waals surface area contributed by atoms with Crippen molar-refractivity contribution in [3.63, 3.8) is 0 Å². The third-order valence-corrected chi connectivity index (χ3v) is 6.26. The summed E-state index contributed by atoms with van der Waals surface area (Å²) in [4.78, 5) is 14.6. The Morgan fingerprint density at radius 3 is 2.50 bits per heavy atom. The van der Waals surface area contributed by atoms with Gasteiger partial charge in [-0.05, 0) is 37.0 Å². The summed E-state index contributed by atoms with van der Waals surface area (Å²) in [6, 6.07) is 14.3. The summed E-state index contributed by atoms with van der Waals surface area (Å²) in [5.74, 6) is 2.69. The van der Waals surface area contributed by atoms with Gasteiger partial charge in [-0.15, -0.1) is 0 Å². The van der Waals surface area contributed by atoms with Crippen LogP contribution in [0.1, 0.15) is 41.0 Å². The maximum atomic E-state index is 12.6. The van der Waals surface area contributed by atoms with Crippen molar-refractivity contribution in [2.24, 2.45) is 0 Å². The third-order valence-electron chi connectivity index (χ3n) is 5.32. The monoisotopic (exact) mass is 369 g/mol. The van der Waals surface area contributed by atoms with Crippen molar-refractivity contribution in [1.29, 1.82) is 0 Å². The van der Waals surface area contributed by atoms with Gasteiger partial charge in [0.25, 0.3) is 0 Å². The van der Waals surface area contributed by atoms with E-state index in [1.54, 1.807) is 0 Å². The largest absolute Gasteiger partial charge is 0.507 e. The predicted octanol–water partition coefficient (Wildman–Crippen LogP) is 4.50. The minimum absolute atomic E-state index is 0.0265. The van der Waals surface area contributed by atoms with E-state index in [1.165, 1.54) is 0 Å². The van der Waals surface area contributed by atoms with Gasteiger partial charge < -0.3 is 10.0 Å². The summed E-state index contributed by atoms with van der Waals surface area (Å²) in [5.41, 5.74) is 4.07. The number of aromatic hydroxyl groups is 1. The van der Waals surface area contributed by atoms with E-state index >= 15 is 0 Å². The summed E-state index contributed by atoms with van der Waals surface area (Å²) in [6.45, 7) is 5.67. The van der Waals surface area contributed by atoms with Gasteiger partial charge in [-0.2, -0.15) is 11.8 Å². The predicted molar refractivity (Wildman–Crippen MR) is 109 cm³/mol. The number of hydrogen-bond acceptors (Lipinski definition) is 3. The fraction of sp³-hybridized carbons (Fsp3) is 0.409. The van der Waals surface area contributed by atoms with E-state index in [4.69, 9.17) is 0 Å². The third kappa shape index (κ3) is 4.24. The Kier molecular flexibility index (Phi) is 6.25. The van der Waals surface area contributed by atoms with Crippen LogP contribution >= 0.6 is 11.8 Å². The molecule has 0 aliphatic carbocycles. The molecule has 1 fully saturated rings. The van der Waals surface area contributed by atoms with E-state index in [1.807, 2.05) is 54.8 Å². The molecule has 26 heavy (non-hydrogen) atoms. The molecule has 2 aromatic carbocycles. The lowest BCUT2D eigenvalue weighted by Crippen LogP contribution is -2.37. The normalized spacial score (nSPS) is 15.7. The van der Waals surface area contributed by atoms with Crippen molar-refractivity contribution in [2.75, 3.05) is 24.6 Å². The van der Waals surface area contributed by atoms with E-state index in [9.17, 15) is 9.90 Å². The summed E-state index contributed by atoms with van der Waals surface area (Å²) in [7, 11) is 0.